The van der Waals surface area contributed by atoms with E-state index in [0.717, 1.165) is 37.4 Å². The number of anilines is 1. The summed E-state index contributed by atoms with van der Waals surface area (Å²) in [6, 6.07) is 4.85. The molecule has 6 heteroatoms. The van der Waals surface area contributed by atoms with Crippen molar-refractivity contribution in [3.8, 4) is 5.75 Å². The third-order valence-corrected chi connectivity index (χ3v) is 4.53. The van der Waals surface area contributed by atoms with E-state index in [-0.39, 0.29) is 5.82 Å². The van der Waals surface area contributed by atoms with E-state index in [4.69, 9.17) is 4.74 Å². The quantitative estimate of drug-likeness (QED) is 0.790. The highest BCUT2D eigenvalue weighted by Gasteiger charge is 2.25. The predicted molar refractivity (Wildman–Crippen MR) is 91.3 cm³/mol. The van der Waals surface area contributed by atoms with Crippen molar-refractivity contribution in [3.05, 3.63) is 46.4 Å². The van der Waals surface area contributed by atoms with Gasteiger partial charge in [-0.15, -0.1) is 0 Å². The first-order valence-electron chi connectivity index (χ1n) is 7.79. The number of aryl methyl sites for hydroxylation is 1. The van der Waals surface area contributed by atoms with E-state index in [1.54, 1.807) is 12.1 Å². The molecule has 1 aliphatic heterocycles. The number of nitrogens with zero attached hydrogens (tertiary/aromatic N) is 3. The Kier molecular flexibility index (Phi) is 5.10. The highest BCUT2D eigenvalue weighted by Crippen LogP contribution is 2.25. The Bertz CT molecular complexity index is 665. The predicted octanol–water partition coefficient (Wildman–Crippen LogP) is 3.85. The van der Waals surface area contributed by atoms with Gasteiger partial charge < -0.3 is 9.64 Å². The molecule has 1 aromatic heterocycles. The van der Waals surface area contributed by atoms with Gasteiger partial charge in [-0.25, -0.2) is 14.4 Å². The van der Waals surface area contributed by atoms with Gasteiger partial charge in [-0.1, -0.05) is 22.9 Å². The molecule has 3 rings (SSSR count). The summed E-state index contributed by atoms with van der Waals surface area (Å²) in [5.74, 6) is 1.08. The second-order valence-electron chi connectivity index (χ2n) is 5.73. The molecule has 122 valence electrons. The minimum Gasteiger partial charge on any atom is -0.490 e. The number of hydrogen-bond donors (Lipinski definition) is 0. The van der Waals surface area contributed by atoms with E-state index in [1.165, 1.54) is 6.07 Å². The van der Waals surface area contributed by atoms with Crippen LogP contribution in [0.5, 0.6) is 5.75 Å². The standard InChI is InChI=1S/C17H19BrFN3O/c1-2-12-8-20-17(21-9-12)22-6-5-13(10-22)11-23-16-4-3-14(18)7-15(16)19/h3-4,7-9,13H,2,5-6,10-11H2,1H3/t13-/m0/s1. The van der Waals surface area contributed by atoms with Crippen molar-refractivity contribution in [2.24, 2.45) is 5.92 Å². The lowest BCUT2D eigenvalue weighted by atomic mass is 10.1. The molecule has 0 spiro atoms. The molecule has 0 radical (unpaired) electrons. The van der Waals surface area contributed by atoms with E-state index >= 15 is 0 Å². The molecule has 0 saturated carbocycles. The zero-order valence-corrected chi connectivity index (χ0v) is 14.6. The molecule has 1 fully saturated rings. The van der Waals surface area contributed by atoms with E-state index in [0.29, 0.717) is 22.7 Å². The number of rotatable bonds is 5. The smallest absolute Gasteiger partial charge is 0.225 e. The normalized spacial score (nSPS) is 17.5. The zero-order chi connectivity index (χ0) is 16.2. The van der Waals surface area contributed by atoms with Gasteiger partial charge in [0.25, 0.3) is 0 Å². The maximum Gasteiger partial charge on any atom is 0.225 e. The Hall–Kier alpha value is -1.69. The number of aromatic nitrogens is 2. The Labute approximate surface area is 143 Å². The molecule has 1 saturated heterocycles. The second kappa shape index (κ2) is 7.25. The Morgan fingerprint density at radius 1 is 1.35 bits per heavy atom. The van der Waals surface area contributed by atoms with Crippen LogP contribution in [0.1, 0.15) is 18.9 Å². The van der Waals surface area contributed by atoms with Gasteiger partial charge in [0.05, 0.1) is 6.61 Å². The molecule has 1 aromatic carbocycles. The molecule has 2 aromatic rings. The van der Waals surface area contributed by atoms with Gasteiger partial charge in [0.2, 0.25) is 5.95 Å². The summed E-state index contributed by atoms with van der Waals surface area (Å²) in [4.78, 5) is 11.0. The lowest BCUT2D eigenvalue weighted by molar-refractivity contribution is 0.250. The minimum atomic E-state index is -0.340. The van der Waals surface area contributed by atoms with Crippen molar-refractivity contribution in [2.75, 3.05) is 24.6 Å². The Morgan fingerprint density at radius 2 is 2.13 bits per heavy atom. The molecule has 0 bridgehead atoms. The van der Waals surface area contributed by atoms with Crippen molar-refractivity contribution >= 4 is 21.9 Å². The third-order valence-electron chi connectivity index (χ3n) is 4.04. The SMILES string of the molecule is CCc1cnc(N2CC[C@H](COc3ccc(Br)cc3F)C2)nc1. The average Bonchev–Trinajstić information content (AvgIpc) is 3.03. The fourth-order valence-corrected chi connectivity index (χ4v) is 2.98. The van der Waals surface area contributed by atoms with Crippen LogP contribution in [0.2, 0.25) is 0 Å². The highest BCUT2D eigenvalue weighted by molar-refractivity contribution is 9.10. The molecule has 0 amide bonds. The average molecular weight is 380 g/mol. The van der Waals surface area contributed by atoms with Gasteiger partial charge in [0.15, 0.2) is 11.6 Å². The number of ether oxygens (including phenoxy) is 1. The van der Waals surface area contributed by atoms with E-state index in [9.17, 15) is 4.39 Å². The maximum atomic E-state index is 13.8. The minimum absolute atomic E-state index is 0.301. The van der Waals surface area contributed by atoms with Crippen LogP contribution in [-0.4, -0.2) is 29.7 Å². The molecule has 23 heavy (non-hydrogen) atoms. The van der Waals surface area contributed by atoms with E-state index in [2.05, 4.69) is 37.7 Å². The zero-order valence-electron chi connectivity index (χ0n) is 13.0. The monoisotopic (exact) mass is 379 g/mol. The summed E-state index contributed by atoms with van der Waals surface area (Å²) in [6.45, 7) is 4.33. The Balaban J connectivity index is 1.55. The van der Waals surface area contributed by atoms with Crippen LogP contribution in [-0.2, 0) is 6.42 Å². The number of benzene rings is 1. The number of hydrogen-bond acceptors (Lipinski definition) is 4. The molecule has 1 atom stereocenters. The van der Waals surface area contributed by atoms with Crippen LogP contribution < -0.4 is 9.64 Å². The molecular weight excluding hydrogens is 361 g/mol. The largest absolute Gasteiger partial charge is 0.490 e. The van der Waals surface area contributed by atoms with Crippen LogP contribution in [0, 0.1) is 11.7 Å². The van der Waals surface area contributed by atoms with Crippen LogP contribution in [0.4, 0.5) is 10.3 Å². The molecule has 1 aliphatic rings. The van der Waals surface area contributed by atoms with E-state index < -0.39 is 0 Å². The van der Waals surface area contributed by atoms with Gasteiger partial charge in [-0.2, -0.15) is 0 Å². The Morgan fingerprint density at radius 3 is 2.83 bits per heavy atom. The van der Waals surface area contributed by atoms with Crippen molar-refractivity contribution in [2.45, 2.75) is 19.8 Å². The summed E-state index contributed by atoms with van der Waals surface area (Å²) >= 11 is 3.24. The van der Waals surface area contributed by atoms with Crippen molar-refractivity contribution < 1.29 is 9.13 Å². The molecule has 0 unspecified atom stereocenters. The summed E-state index contributed by atoms with van der Waals surface area (Å²) in [6.07, 6.45) is 5.69. The van der Waals surface area contributed by atoms with Gasteiger partial charge in [-0.05, 0) is 36.6 Å². The number of halogens is 2. The van der Waals surface area contributed by atoms with Crippen LogP contribution >= 0.6 is 15.9 Å². The van der Waals surface area contributed by atoms with Crippen LogP contribution in [0.3, 0.4) is 0 Å². The topological polar surface area (TPSA) is 38.2 Å². The molecular formula is C17H19BrFN3O. The van der Waals surface area contributed by atoms with Crippen molar-refractivity contribution in [1.82, 2.24) is 9.97 Å². The summed E-state index contributed by atoms with van der Waals surface area (Å²) in [5.41, 5.74) is 1.14. The van der Waals surface area contributed by atoms with Crippen molar-refractivity contribution in [3.63, 3.8) is 0 Å². The lowest BCUT2D eigenvalue weighted by Gasteiger charge is -2.16. The third kappa shape index (κ3) is 3.99. The lowest BCUT2D eigenvalue weighted by Crippen LogP contribution is -2.23. The van der Waals surface area contributed by atoms with Crippen molar-refractivity contribution in [1.29, 1.82) is 0 Å². The van der Waals surface area contributed by atoms with Gasteiger partial charge in [-0.3, -0.25) is 0 Å². The van der Waals surface area contributed by atoms with Crippen LogP contribution in [0.15, 0.2) is 35.1 Å². The fourth-order valence-electron chi connectivity index (χ4n) is 2.64. The maximum absolute atomic E-state index is 13.8. The summed E-state index contributed by atoms with van der Waals surface area (Å²) < 4.78 is 20.1. The molecule has 0 aliphatic carbocycles. The first kappa shape index (κ1) is 16.2. The summed E-state index contributed by atoms with van der Waals surface area (Å²) in [5, 5.41) is 0. The fraction of sp³-hybridized carbons (Fsp3) is 0.412. The van der Waals surface area contributed by atoms with Gasteiger partial charge in [0, 0.05) is 35.9 Å². The molecule has 0 N–H and O–H groups in total. The van der Waals surface area contributed by atoms with E-state index in [1.807, 2.05) is 12.4 Å². The highest BCUT2D eigenvalue weighted by atomic mass is 79.9. The van der Waals surface area contributed by atoms with Gasteiger partial charge >= 0.3 is 0 Å². The second-order valence-corrected chi connectivity index (χ2v) is 6.65. The molecule has 2 heterocycles. The molecule has 4 nitrogen and oxygen atoms in total. The van der Waals surface area contributed by atoms with Gasteiger partial charge in [0.1, 0.15) is 0 Å². The van der Waals surface area contributed by atoms with Crippen LogP contribution in [0.25, 0.3) is 0 Å². The first-order valence-corrected chi connectivity index (χ1v) is 8.58. The first-order chi connectivity index (χ1) is 11.2. The summed E-state index contributed by atoms with van der Waals surface area (Å²) in [7, 11) is 0.